The number of anilines is 1. The van der Waals surface area contributed by atoms with Crippen LogP contribution in [0.3, 0.4) is 0 Å². The number of hydrogen-bond donors (Lipinski definition) is 2. The van der Waals surface area contributed by atoms with E-state index in [1.807, 2.05) is 34.6 Å². The average Bonchev–Trinajstić information content (AvgIpc) is 2.40. The van der Waals surface area contributed by atoms with Crippen molar-refractivity contribution in [1.82, 2.24) is 10.3 Å². The molecule has 0 unspecified atom stereocenters. The third-order valence-electron chi connectivity index (χ3n) is 2.61. The molecule has 0 saturated heterocycles. The fourth-order valence-electron chi connectivity index (χ4n) is 1.72. The van der Waals surface area contributed by atoms with Gasteiger partial charge in [-0.25, -0.2) is 4.79 Å². The molecule has 1 heterocycles. The number of nitrogens with zero attached hydrogens (tertiary/aromatic N) is 1. The minimum atomic E-state index is -0.519. The van der Waals surface area contributed by atoms with E-state index in [0.29, 0.717) is 30.0 Å². The smallest absolute Gasteiger partial charge is 0.407 e. The Hall–Kier alpha value is -2.42. The van der Waals surface area contributed by atoms with E-state index in [2.05, 4.69) is 22.1 Å². The zero-order valence-electron chi connectivity index (χ0n) is 14.4. The molecule has 0 aliphatic heterocycles. The molecule has 0 bridgehead atoms. The van der Waals surface area contributed by atoms with Crippen molar-refractivity contribution in [2.75, 3.05) is 12.3 Å². The summed E-state index contributed by atoms with van der Waals surface area (Å²) in [5.41, 5.74) is 6.41. The second-order valence-corrected chi connectivity index (χ2v) is 6.09. The van der Waals surface area contributed by atoms with Crippen LogP contribution in [0.4, 0.5) is 10.5 Å². The predicted octanol–water partition coefficient (Wildman–Crippen LogP) is 2.72. The Labute approximate surface area is 137 Å². The van der Waals surface area contributed by atoms with E-state index in [0.717, 1.165) is 0 Å². The minimum Gasteiger partial charge on any atom is -0.490 e. The predicted molar refractivity (Wildman–Crippen MR) is 90.1 cm³/mol. The van der Waals surface area contributed by atoms with Gasteiger partial charge in [-0.1, -0.05) is 11.8 Å². The summed E-state index contributed by atoms with van der Waals surface area (Å²) in [7, 11) is 0. The summed E-state index contributed by atoms with van der Waals surface area (Å²) >= 11 is 0. The first-order valence-corrected chi connectivity index (χ1v) is 7.57. The van der Waals surface area contributed by atoms with Gasteiger partial charge in [0.15, 0.2) is 5.75 Å². The summed E-state index contributed by atoms with van der Waals surface area (Å²) in [6.45, 7) is 9.69. The SMILES string of the molecule is CCOc1c(N)cncc1C#CC[C@H](C)NC(=O)OC(C)(C)C. The van der Waals surface area contributed by atoms with Crippen molar-refractivity contribution < 1.29 is 14.3 Å². The van der Waals surface area contributed by atoms with Gasteiger partial charge in [-0.2, -0.15) is 0 Å². The van der Waals surface area contributed by atoms with Crippen LogP contribution in [0.15, 0.2) is 12.4 Å². The largest absolute Gasteiger partial charge is 0.490 e. The molecule has 0 aliphatic rings. The van der Waals surface area contributed by atoms with Gasteiger partial charge in [-0.3, -0.25) is 4.98 Å². The molecule has 1 atom stereocenters. The molecule has 23 heavy (non-hydrogen) atoms. The Bertz CT molecular complexity index is 597. The van der Waals surface area contributed by atoms with Gasteiger partial charge >= 0.3 is 6.09 Å². The number of aromatic nitrogens is 1. The van der Waals surface area contributed by atoms with E-state index >= 15 is 0 Å². The number of alkyl carbamates (subject to hydrolysis) is 1. The van der Waals surface area contributed by atoms with Crippen LogP contribution in [0.25, 0.3) is 0 Å². The molecule has 0 aromatic carbocycles. The monoisotopic (exact) mass is 319 g/mol. The number of carbonyl (C=O) groups is 1. The molecule has 6 heteroatoms. The topological polar surface area (TPSA) is 86.5 Å². The second-order valence-electron chi connectivity index (χ2n) is 6.09. The number of ether oxygens (including phenoxy) is 2. The highest BCUT2D eigenvalue weighted by Crippen LogP contribution is 2.24. The van der Waals surface area contributed by atoms with Gasteiger partial charge in [-0.15, -0.1) is 0 Å². The summed E-state index contributed by atoms with van der Waals surface area (Å²) in [4.78, 5) is 15.7. The zero-order chi connectivity index (χ0) is 17.5. The third-order valence-corrected chi connectivity index (χ3v) is 2.61. The molecule has 0 spiro atoms. The summed E-state index contributed by atoms with van der Waals surface area (Å²) in [6, 6.07) is -0.137. The molecule has 1 aromatic heterocycles. The van der Waals surface area contributed by atoms with Crippen LogP contribution in [0, 0.1) is 11.8 Å². The number of pyridine rings is 1. The molecular formula is C17H25N3O3. The highest BCUT2D eigenvalue weighted by atomic mass is 16.6. The van der Waals surface area contributed by atoms with Crippen LogP contribution < -0.4 is 15.8 Å². The lowest BCUT2D eigenvalue weighted by molar-refractivity contribution is 0.0509. The van der Waals surface area contributed by atoms with Gasteiger partial charge in [0.05, 0.1) is 24.1 Å². The lowest BCUT2D eigenvalue weighted by Crippen LogP contribution is -2.37. The van der Waals surface area contributed by atoms with E-state index in [9.17, 15) is 4.79 Å². The lowest BCUT2D eigenvalue weighted by Gasteiger charge is -2.21. The normalized spacial score (nSPS) is 11.9. The molecule has 0 aliphatic carbocycles. The first kappa shape index (κ1) is 18.6. The van der Waals surface area contributed by atoms with Crippen molar-refractivity contribution >= 4 is 11.8 Å². The van der Waals surface area contributed by atoms with Gasteiger partial charge < -0.3 is 20.5 Å². The summed E-state index contributed by atoms with van der Waals surface area (Å²) in [5.74, 6) is 6.53. The summed E-state index contributed by atoms with van der Waals surface area (Å²) < 4.78 is 10.7. The fraction of sp³-hybridized carbons (Fsp3) is 0.529. The standard InChI is InChI=1S/C17H25N3O3/c1-6-22-15-13(10-19-11-14(15)18)9-7-8-12(2)20-16(21)23-17(3,4)5/h10-12H,6,8,18H2,1-5H3,(H,20,21)/t12-/m0/s1. The molecule has 3 N–H and O–H groups in total. The number of carbonyl (C=O) groups excluding carboxylic acids is 1. The quantitative estimate of drug-likeness (QED) is 0.833. The molecular weight excluding hydrogens is 294 g/mol. The number of rotatable bonds is 4. The maximum atomic E-state index is 11.7. The van der Waals surface area contributed by atoms with Gasteiger partial charge in [0.25, 0.3) is 0 Å². The first-order valence-electron chi connectivity index (χ1n) is 7.57. The van der Waals surface area contributed by atoms with Crippen LogP contribution >= 0.6 is 0 Å². The molecule has 0 saturated carbocycles. The van der Waals surface area contributed by atoms with Crippen LogP contribution in [-0.2, 0) is 4.74 Å². The summed E-state index contributed by atoms with van der Waals surface area (Å²) in [5, 5.41) is 2.74. The Morgan fingerprint density at radius 2 is 2.13 bits per heavy atom. The van der Waals surface area contributed by atoms with E-state index in [-0.39, 0.29) is 6.04 Å². The number of amides is 1. The van der Waals surface area contributed by atoms with Crippen molar-refractivity contribution in [3.8, 4) is 17.6 Å². The van der Waals surface area contributed by atoms with E-state index in [4.69, 9.17) is 15.2 Å². The van der Waals surface area contributed by atoms with Crippen molar-refractivity contribution in [2.24, 2.45) is 0 Å². The highest BCUT2D eigenvalue weighted by Gasteiger charge is 2.17. The van der Waals surface area contributed by atoms with Gasteiger partial charge in [-0.05, 0) is 34.6 Å². The summed E-state index contributed by atoms with van der Waals surface area (Å²) in [6.07, 6.45) is 3.16. The number of nitrogens with one attached hydrogen (secondary N) is 1. The van der Waals surface area contributed by atoms with Gasteiger partial charge in [0.2, 0.25) is 0 Å². The Balaban J connectivity index is 2.64. The molecule has 1 amide bonds. The van der Waals surface area contributed by atoms with Crippen LogP contribution in [0.1, 0.15) is 46.6 Å². The molecule has 6 nitrogen and oxygen atoms in total. The second kappa shape index (κ2) is 8.28. The van der Waals surface area contributed by atoms with Gasteiger partial charge in [0.1, 0.15) is 5.60 Å². The van der Waals surface area contributed by atoms with Crippen molar-refractivity contribution in [3.63, 3.8) is 0 Å². The zero-order valence-corrected chi connectivity index (χ0v) is 14.4. The van der Waals surface area contributed by atoms with Crippen LogP contribution in [0.2, 0.25) is 0 Å². The lowest BCUT2D eigenvalue weighted by atomic mass is 10.2. The number of nitrogen functional groups attached to an aromatic ring is 1. The van der Waals surface area contributed by atoms with Crippen LogP contribution in [-0.4, -0.2) is 29.3 Å². The van der Waals surface area contributed by atoms with Crippen molar-refractivity contribution in [3.05, 3.63) is 18.0 Å². The van der Waals surface area contributed by atoms with Crippen molar-refractivity contribution in [1.29, 1.82) is 0 Å². The third kappa shape index (κ3) is 6.92. The van der Waals surface area contributed by atoms with E-state index in [1.165, 1.54) is 6.20 Å². The Morgan fingerprint density at radius 3 is 2.74 bits per heavy atom. The van der Waals surface area contributed by atoms with Gasteiger partial charge in [0, 0.05) is 18.7 Å². The number of nitrogens with two attached hydrogens (primary N) is 1. The average molecular weight is 319 g/mol. The van der Waals surface area contributed by atoms with E-state index in [1.54, 1.807) is 6.20 Å². The van der Waals surface area contributed by atoms with Crippen molar-refractivity contribution in [2.45, 2.75) is 52.7 Å². The Kier molecular flexibility index (Phi) is 6.70. The maximum Gasteiger partial charge on any atom is 0.407 e. The Morgan fingerprint density at radius 1 is 1.43 bits per heavy atom. The molecule has 1 aromatic rings. The molecule has 0 radical (unpaired) electrons. The molecule has 1 rings (SSSR count). The van der Waals surface area contributed by atoms with E-state index < -0.39 is 11.7 Å². The minimum absolute atomic E-state index is 0.137. The molecule has 126 valence electrons. The molecule has 0 fully saturated rings. The fourth-order valence-corrected chi connectivity index (χ4v) is 1.72. The van der Waals surface area contributed by atoms with Crippen LogP contribution in [0.5, 0.6) is 5.75 Å². The highest BCUT2D eigenvalue weighted by molar-refractivity contribution is 5.68. The number of hydrogen-bond acceptors (Lipinski definition) is 5. The maximum absolute atomic E-state index is 11.7. The first-order chi connectivity index (χ1) is 10.7.